The lowest BCUT2D eigenvalue weighted by Crippen LogP contribution is -2.47. The molecule has 1 aliphatic carbocycles. The fraction of sp³-hybridized carbons (Fsp3) is 0.250. The number of nitrogens with one attached hydrogen (secondary N) is 1. The highest BCUT2D eigenvalue weighted by Gasteiger charge is 2.45. The van der Waals surface area contributed by atoms with Crippen LogP contribution in [-0.2, 0) is 16.1 Å². The van der Waals surface area contributed by atoms with Crippen LogP contribution in [0.5, 0.6) is 0 Å². The Morgan fingerprint density at radius 3 is 2.27 bits per heavy atom. The molecular formula is C32H30N4O4S. The Morgan fingerprint density at radius 1 is 0.902 bits per heavy atom. The molecule has 1 saturated heterocycles. The number of benzene rings is 3. The molecule has 4 aromatic rings. The second-order valence-corrected chi connectivity index (χ2v) is 11.1. The molecular weight excluding hydrogens is 536 g/mol. The number of ether oxygens (including phenoxy) is 1. The van der Waals surface area contributed by atoms with Crippen molar-refractivity contribution in [1.82, 2.24) is 15.2 Å². The number of rotatable bonds is 8. The summed E-state index contributed by atoms with van der Waals surface area (Å²) in [6, 6.07) is 25.3. The molecule has 1 saturated carbocycles. The lowest BCUT2D eigenvalue weighted by atomic mass is 10.1. The summed E-state index contributed by atoms with van der Waals surface area (Å²) < 4.78 is 5.76. The first-order valence-corrected chi connectivity index (χ1v) is 14.6. The third-order valence-corrected chi connectivity index (χ3v) is 8.16. The summed E-state index contributed by atoms with van der Waals surface area (Å²) in [4.78, 5) is 48.1. The van der Waals surface area contributed by atoms with Crippen LogP contribution in [0, 0.1) is 0 Å². The number of hydrogen-bond acceptors (Lipinski definition) is 6. The molecule has 2 aliphatic rings. The molecule has 2 unspecified atom stereocenters. The number of nitrogens with zero attached hydrogens (tertiary/aromatic N) is 3. The number of likely N-dealkylation sites (tertiary alicyclic amines) is 1. The molecule has 0 spiro atoms. The van der Waals surface area contributed by atoms with Gasteiger partial charge in [-0.25, -0.2) is 9.78 Å². The van der Waals surface area contributed by atoms with Crippen LogP contribution in [0.15, 0.2) is 96.5 Å². The minimum atomic E-state index is -0.759. The smallest absolute Gasteiger partial charge is 0.411 e. The zero-order valence-corrected chi connectivity index (χ0v) is 23.2. The SMILES string of the molecule is O=C(NC1CC1)c1ccc(N(C(=O)C2CCC(c3ccccc3)N2C(=O)OCc2ccccc2)c2nccs2)cc1. The molecule has 1 aromatic heterocycles. The minimum absolute atomic E-state index is 0.110. The Bertz CT molecular complexity index is 1490. The number of amides is 3. The van der Waals surface area contributed by atoms with Crippen LogP contribution in [0.3, 0.4) is 0 Å². The Morgan fingerprint density at radius 2 is 1.61 bits per heavy atom. The van der Waals surface area contributed by atoms with Crippen molar-refractivity contribution in [3.8, 4) is 0 Å². The maximum absolute atomic E-state index is 14.3. The number of anilines is 2. The first-order valence-electron chi connectivity index (χ1n) is 13.8. The second kappa shape index (κ2) is 11.9. The van der Waals surface area contributed by atoms with Crippen LogP contribution in [0.4, 0.5) is 15.6 Å². The van der Waals surface area contributed by atoms with Crippen molar-refractivity contribution >= 4 is 40.1 Å². The molecule has 0 bridgehead atoms. The maximum Gasteiger partial charge on any atom is 0.411 e. The molecule has 0 radical (unpaired) electrons. The van der Waals surface area contributed by atoms with Crippen LogP contribution >= 0.6 is 11.3 Å². The fourth-order valence-corrected chi connectivity index (χ4v) is 5.84. The summed E-state index contributed by atoms with van der Waals surface area (Å²) >= 11 is 1.33. The highest BCUT2D eigenvalue weighted by atomic mass is 32.1. The number of thiazole rings is 1. The van der Waals surface area contributed by atoms with Gasteiger partial charge < -0.3 is 10.1 Å². The van der Waals surface area contributed by atoms with Crippen molar-refractivity contribution < 1.29 is 19.1 Å². The first kappa shape index (κ1) is 26.7. The van der Waals surface area contributed by atoms with Gasteiger partial charge in [-0.15, -0.1) is 11.3 Å². The third-order valence-electron chi connectivity index (χ3n) is 7.40. The van der Waals surface area contributed by atoms with Gasteiger partial charge in [0.2, 0.25) is 0 Å². The largest absolute Gasteiger partial charge is 0.445 e. The standard InChI is InChI=1S/C32H30N4O4S/c37-29(34-25-13-14-25)24-11-15-26(16-12-24)35(31-33-19-20-41-31)30(38)28-18-17-27(23-9-5-2-6-10-23)36(28)32(39)40-21-22-7-3-1-4-8-22/h1-12,15-16,19-20,25,27-28H,13-14,17-18,21H2,(H,34,37). The van der Waals surface area contributed by atoms with E-state index < -0.39 is 12.1 Å². The zero-order valence-electron chi connectivity index (χ0n) is 22.4. The van der Waals surface area contributed by atoms with Crippen LogP contribution in [0.2, 0.25) is 0 Å². The predicted octanol–water partition coefficient (Wildman–Crippen LogP) is 6.24. The Hall–Kier alpha value is -4.50. The van der Waals surface area contributed by atoms with Gasteiger partial charge in [-0.3, -0.25) is 19.4 Å². The van der Waals surface area contributed by atoms with E-state index in [9.17, 15) is 14.4 Å². The molecule has 2 heterocycles. The highest BCUT2D eigenvalue weighted by molar-refractivity contribution is 7.13. The van der Waals surface area contributed by atoms with Crippen LogP contribution in [0.25, 0.3) is 0 Å². The summed E-state index contributed by atoms with van der Waals surface area (Å²) in [5, 5.41) is 5.29. The third kappa shape index (κ3) is 6.00. The van der Waals surface area contributed by atoms with E-state index in [1.807, 2.05) is 60.7 Å². The van der Waals surface area contributed by atoms with Crippen molar-refractivity contribution in [2.75, 3.05) is 4.90 Å². The lowest BCUT2D eigenvalue weighted by molar-refractivity contribution is -0.122. The van der Waals surface area contributed by atoms with Gasteiger partial charge in [-0.05, 0) is 61.1 Å². The topological polar surface area (TPSA) is 91.8 Å². The predicted molar refractivity (Wildman–Crippen MR) is 157 cm³/mol. The molecule has 208 valence electrons. The number of carbonyl (C=O) groups is 3. The van der Waals surface area contributed by atoms with Gasteiger partial charge in [0, 0.05) is 23.2 Å². The Balaban J connectivity index is 1.29. The van der Waals surface area contributed by atoms with Crippen LogP contribution in [-0.4, -0.2) is 39.9 Å². The van der Waals surface area contributed by atoms with Crippen molar-refractivity contribution in [2.24, 2.45) is 0 Å². The summed E-state index contributed by atoms with van der Waals surface area (Å²) in [6.07, 6.45) is 4.21. The van der Waals surface area contributed by atoms with E-state index in [1.165, 1.54) is 11.3 Å². The van der Waals surface area contributed by atoms with Crippen molar-refractivity contribution in [3.05, 3.63) is 113 Å². The van der Waals surface area contributed by atoms with Crippen LogP contribution in [0.1, 0.15) is 53.2 Å². The lowest BCUT2D eigenvalue weighted by Gasteiger charge is -2.32. The van der Waals surface area contributed by atoms with E-state index in [2.05, 4.69) is 10.3 Å². The van der Waals surface area contributed by atoms with Gasteiger partial charge in [0.15, 0.2) is 5.13 Å². The minimum Gasteiger partial charge on any atom is -0.445 e. The fourth-order valence-electron chi connectivity index (χ4n) is 5.17. The van der Waals surface area contributed by atoms with Crippen LogP contribution < -0.4 is 10.2 Å². The van der Waals surface area contributed by atoms with Gasteiger partial charge >= 0.3 is 6.09 Å². The molecule has 3 aromatic carbocycles. The second-order valence-electron chi connectivity index (χ2n) is 10.3. The van der Waals surface area contributed by atoms with Gasteiger partial charge in [0.05, 0.1) is 11.7 Å². The number of aromatic nitrogens is 1. The summed E-state index contributed by atoms with van der Waals surface area (Å²) in [5.41, 5.74) is 2.93. The van der Waals surface area contributed by atoms with Crippen molar-refractivity contribution in [1.29, 1.82) is 0 Å². The van der Waals surface area contributed by atoms with E-state index in [1.54, 1.807) is 45.6 Å². The zero-order chi connectivity index (χ0) is 28.2. The summed E-state index contributed by atoms with van der Waals surface area (Å²) in [7, 11) is 0. The molecule has 1 aliphatic heterocycles. The highest BCUT2D eigenvalue weighted by Crippen LogP contribution is 2.40. The van der Waals surface area contributed by atoms with E-state index >= 15 is 0 Å². The molecule has 3 amide bonds. The van der Waals surface area contributed by atoms with E-state index in [0.29, 0.717) is 29.2 Å². The monoisotopic (exact) mass is 566 g/mol. The van der Waals surface area contributed by atoms with Crippen molar-refractivity contribution in [2.45, 2.75) is 50.4 Å². The molecule has 8 nitrogen and oxygen atoms in total. The number of carbonyl (C=O) groups excluding carboxylic acids is 3. The van der Waals surface area contributed by atoms with Gasteiger partial charge in [-0.2, -0.15) is 0 Å². The quantitative estimate of drug-likeness (QED) is 0.273. The molecule has 41 heavy (non-hydrogen) atoms. The average molecular weight is 567 g/mol. The normalized spacial score (nSPS) is 18.1. The molecule has 6 rings (SSSR count). The van der Waals surface area contributed by atoms with E-state index in [0.717, 1.165) is 24.0 Å². The summed E-state index contributed by atoms with van der Waals surface area (Å²) in [6.45, 7) is 0.110. The van der Waals surface area contributed by atoms with E-state index in [-0.39, 0.29) is 30.5 Å². The van der Waals surface area contributed by atoms with Gasteiger partial charge in [0.25, 0.3) is 11.8 Å². The maximum atomic E-state index is 14.3. The number of hydrogen-bond donors (Lipinski definition) is 1. The van der Waals surface area contributed by atoms with Crippen molar-refractivity contribution in [3.63, 3.8) is 0 Å². The van der Waals surface area contributed by atoms with E-state index in [4.69, 9.17) is 4.74 Å². The summed E-state index contributed by atoms with van der Waals surface area (Å²) in [5.74, 6) is -0.398. The molecule has 2 atom stereocenters. The Labute approximate surface area is 242 Å². The molecule has 2 fully saturated rings. The molecule has 9 heteroatoms. The first-order chi connectivity index (χ1) is 20.1. The molecule has 1 N–H and O–H groups in total. The average Bonchev–Trinajstić information content (AvgIpc) is 3.46. The van der Waals surface area contributed by atoms with Gasteiger partial charge in [0.1, 0.15) is 12.6 Å². The Kier molecular flexibility index (Phi) is 7.78. The van der Waals surface area contributed by atoms with Gasteiger partial charge in [-0.1, -0.05) is 60.7 Å².